The second-order valence-electron chi connectivity index (χ2n) is 10.2. The summed E-state index contributed by atoms with van der Waals surface area (Å²) in [5.41, 5.74) is 8.28. The summed E-state index contributed by atoms with van der Waals surface area (Å²) in [5.74, 6) is 0.0566. The Morgan fingerprint density at radius 3 is 2.22 bits per heavy atom. The Hall–Kier alpha value is -5.45. The molecule has 0 spiro atoms. The maximum Gasteiger partial charge on any atom is 0.406 e. The van der Waals surface area contributed by atoms with E-state index in [4.69, 9.17) is 15.2 Å². The quantitative estimate of drug-likeness (QED) is 0.142. The van der Waals surface area contributed by atoms with Crippen molar-refractivity contribution >= 4 is 11.6 Å². The molecule has 230 valence electrons. The minimum Gasteiger partial charge on any atom is -0.493 e. The molecule has 0 aliphatic rings. The minimum absolute atomic E-state index is 0.0661. The first-order chi connectivity index (χ1) is 21.5. The number of ether oxygens (including phenoxy) is 2. The lowest BCUT2D eigenvalue weighted by Crippen LogP contribution is -2.25. The zero-order valence-corrected chi connectivity index (χ0v) is 24.2. The highest BCUT2D eigenvalue weighted by Crippen LogP contribution is 2.35. The third kappa shape index (κ3) is 7.04. The average molecular weight is 618 g/mol. The number of carbonyl (C=O) groups excluding carboxylic acids is 1. The number of methoxy groups -OCH3 is 2. The summed E-state index contributed by atoms with van der Waals surface area (Å²) in [6.45, 7) is -1.43. The van der Waals surface area contributed by atoms with Crippen LogP contribution >= 0.6 is 0 Å². The molecule has 0 fully saturated rings. The van der Waals surface area contributed by atoms with Gasteiger partial charge in [0.1, 0.15) is 18.2 Å². The second-order valence-corrected chi connectivity index (χ2v) is 10.2. The van der Waals surface area contributed by atoms with Crippen molar-refractivity contribution < 1.29 is 31.8 Å². The standard InChI is InChI=1S/C34H27F4N3O4/c1-44-30-11-10-22(15-31(30)45-2)24-14-26(33(39)40-16-24)21-8-6-20(7-9-21)12-29(42)28-18-41(19-34(36,37)38)17-27(32(28)43)23-4-3-5-25(35)13-23/h3-11,13-18H,12,19H2,1-2H3,(H2,39,40). The van der Waals surface area contributed by atoms with E-state index in [1.807, 2.05) is 18.2 Å². The molecule has 0 saturated carbocycles. The van der Waals surface area contributed by atoms with E-state index < -0.39 is 35.3 Å². The van der Waals surface area contributed by atoms with E-state index in [0.717, 1.165) is 40.2 Å². The number of rotatable bonds is 9. The van der Waals surface area contributed by atoms with Crippen LogP contribution in [-0.2, 0) is 13.0 Å². The Morgan fingerprint density at radius 1 is 0.844 bits per heavy atom. The molecule has 0 atom stereocenters. The second kappa shape index (κ2) is 12.7. The number of nitrogens with two attached hydrogens (primary N) is 1. The van der Waals surface area contributed by atoms with Crippen LogP contribution in [0.2, 0.25) is 0 Å². The molecule has 5 rings (SSSR count). The van der Waals surface area contributed by atoms with Crippen LogP contribution in [0, 0.1) is 5.82 Å². The molecule has 2 heterocycles. The molecule has 0 bridgehead atoms. The zero-order valence-electron chi connectivity index (χ0n) is 24.2. The van der Waals surface area contributed by atoms with Crippen molar-refractivity contribution in [2.24, 2.45) is 0 Å². The molecular weight excluding hydrogens is 590 g/mol. The van der Waals surface area contributed by atoms with E-state index in [0.29, 0.717) is 28.2 Å². The Bertz CT molecular complexity index is 1940. The van der Waals surface area contributed by atoms with Crippen molar-refractivity contribution in [1.82, 2.24) is 9.55 Å². The topological polar surface area (TPSA) is 96.4 Å². The molecule has 0 aliphatic heterocycles. The van der Waals surface area contributed by atoms with Crippen molar-refractivity contribution in [3.8, 4) is 44.9 Å². The summed E-state index contributed by atoms with van der Waals surface area (Å²) >= 11 is 0. The molecule has 3 aromatic carbocycles. The number of benzene rings is 3. The normalized spacial score (nSPS) is 11.3. The van der Waals surface area contributed by atoms with Gasteiger partial charge in [0.05, 0.1) is 19.8 Å². The number of hydrogen-bond acceptors (Lipinski definition) is 6. The fraction of sp³-hybridized carbons (Fsp3) is 0.147. The summed E-state index contributed by atoms with van der Waals surface area (Å²) in [6, 6.07) is 19.0. The van der Waals surface area contributed by atoms with Gasteiger partial charge in [0.25, 0.3) is 0 Å². The Labute approximate surface area is 255 Å². The molecule has 0 saturated heterocycles. The molecule has 7 nitrogen and oxygen atoms in total. The SMILES string of the molecule is COc1ccc(-c2cnc(N)c(-c3ccc(CC(=O)c4cn(CC(F)(F)F)cc(-c5cccc(F)c5)c4=O)cc3)c2)cc1OC. The van der Waals surface area contributed by atoms with Crippen LogP contribution < -0.4 is 20.6 Å². The zero-order chi connectivity index (χ0) is 32.3. The van der Waals surface area contributed by atoms with Crippen molar-refractivity contribution in [2.45, 2.75) is 19.1 Å². The fourth-order valence-electron chi connectivity index (χ4n) is 4.95. The van der Waals surface area contributed by atoms with Gasteiger partial charge in [0.15, 0.2) is 22.7 Å². The largest absolute Gasteiger partial charge is 0.493 e. The summed E-state index contributed by atoms with van der Waals surface area (Å²) in [7, 11) is 3.09. The van der Waals surface area contributed by atoms with Crippen LogP contribution in [0.3, 0.4) is 0 Å². The highest BCUT2D eigenvalue weighted by Gasteiger charge is 2.29. The molecule has 0 amide bonds. The van der Waals surface area contributed by atoms with E-state index >= 15 is 0 Å². The van der Waals surface area contributed by atoms with E-state index in [9.17, 15) is 27.2 Å². The highest BCUT2D eigenvalue weighted by molar-refractivity contribution is 5.98. The number of anilines is 1. The number of hydrogen-bond donors (Lipinski definition) is 1. The molecule has 5 aromatic rings. The molecule has 2 aromatic heterocycles. The smallest absolute Gasteiger partial charge is 0.406 e. The third-order valence-electron chi connectivity index (χ3n) is 7.14. The van der Waals surface area contributed by atoms with Gasteiger partial charge in [0.2, 0.25) is 0 Å². The predicted octanol–water partition coefficient (Wildman–Crippen LogP) is 6.97. The monoisotopic (exact) mass is 617 g/mol. The average Bonchev–Trinajstić information content (AvgIpc) is 3.01. The maximum absolute atomic E-state index is 13.9. The van der Waals surface area contributed by atoms with Crippen molar-refractivity contribution in [3.05, 3.63) is 119 Å². The van der Waals surface area contributed by atoms with Gasteiger partial charge in [-0.3, -0.25) is 9.59 Å². The molecule has 0 aliphatic carbocycles. The molecule has 2 N–H and O–H groups in total. The number of nitrogens with zero attached hydrogens (tertiary/aromatic N) is 2. The summed E-state index contributed by atoms with van der Waals surface area (Å²) in [5, 5.41) is 0. The van der Waals surface area contributed by atoms with Crippen LogP contribution in [0.25, 0.3) is 33.4 Å². The van der Waals surface area contributed by atoms with Crippen molar-refractivity contribution in [3.63, 3.8) is 0 Å². The van der Waals surface area contributed by atoms with Gasteiger partial charge in [-0.05, 0) is 52.6 Å². The number of alkyl halides is 3. The van der Waals surface area contributed by atoms with Gasteiger partial charge >= 0.3 is 6.18 Å². The van der Waals surface area contributed by atoms with E-state index in [2.05, 4.69) is 4.98 Å². The molecule has 0 radical (unpaired) electrons. The van der Waals surface area contributed by atoms with Crippen LogP contribution in [0.1, 0.15) is 15.9 Å². The number of carbonyl (C=O) groups is 1. The lowest BCUT2D eigenvalue weighted by molar-refractivity contribution is -0.140. The molecule has 11 heteroatoms. The van der Waals surface area contributed by atoms with Crippen LogP contribution in [0.4, 0.5) is 23.4 Å². The van der Waals surface area contributed by atoms with Crippen molar-refractivity contribution in [1.29, 1.82) is 0 Å². The van der Waals surface area contributed by atoms with Crippen molar-refractivity contribution in [2.75, 3.05) is 20.0 Å². The van der Waals surface area contributed by atoms with Gasteiger partial charge < -0.3 is 19.8 Å². The first-order valence-electron chi connectivity index (χ1n) is 13.6. The van der Waals surface area contributed by atoms with Gasteiger partial charge in [-0.2, -0.15) is 13.2 Å². The summed E-state index contributed by atoms with van der Waals surface area (Å²) in [4.78, 5) is 30.9. The third-order valence-corrected chi connectivity index (χ3v) is 7.14. The minimum atomic E-state index is -4.61. The fourth-order valence-corrected chi connectivity index (χ4v) is 4.95. The van der Waals surface area contributed by atoms with Gasteiger partial charge in [-0.25, -0.2) is 9.37 Å². The first-order valence-corrected chi connectivity index (χ1v) is 13.6. The summed E-state index contributed by atoms with van der Waals surface area (Å²) < 4.78 is 65.0. The lowest BCUT2D eigenvalue weighted by Gasteiger charge is -2.14. The Balaban J connectivity index is 1.43. The Kier molecular flexibility index (Phi) is 8.71. The van der Waals surface area contributed by atoms with Gasteiger partial charge in [-0.1, -0.05) is 42.5 Å². The maximum atomic E-state index is 13.9. The van der Waals surface area contributed by atoms with Crippen LogP contribution in [0.5, 0.6) is 11.5 Å². The Morgan fingerprint density at radius 2 is 1.56 bits per heavy atom. The lowest BCUT2D eigenvalue weighted by atomic mass is 9.97. The van der Waals surface area contributed by atoms with E-state index in [1.165, 1.54) is 12.1 Å². The van der Waals surface area contributed by atoms with Crippen LogP contribution in [-0.4, -0.2) is 35.7 Å². The number of nitrogen functional groups attached to an aromatic ring is 1. The first kappa shape index (κ1) is 31.0. The number of Topliss-reactive ketones (excluding diaryl/α,β-unsaturated/α-hetero) is 1. The predicted molar refractivity (Wildman–Crippen MR) is 163 cm³/mol. The molecule has 45 heavy (non-hydrogen) atoms. The van der Waals surface area contributed by atoms with Gasteiger partial charge in [0, 0.05) is 41.7 Å². The number of aromatic nitrogens is 2. The highest BCUT2D eigenvalue weighted by atomic mass is 19.4. The number of ketones is 1. The molecule has 0 unspecified atom stereocenters. The number of pyridine rings is 2. The molecular formula is C34H27F4N3O4. The van der Waals surface area contributed by atoms with E-state index in [-0.39, 0.29) is 23.4 Å². The van der Waals surface area contributed by atoms with Crippen LogP contribution in [0.15, 0.2) is 96.2 Å². The van der Waals surface area contributed by atoms with E-state index in [1.54, 1.807) is 50.7 Å². The summed E-state index contributed by atoms with van der Waals surface area (Å²) in [6.07, 6.45) is -1.37. The number of halogens is 4. The van der Waals surface area contributed by atoms with Gasteiger partial charge in [-0.15, -0.1) is 0 Å².